The fraction of sp³-hybridized carbons (Fsp3) is 0. The molecule has 0 saturated carbocycles. The maximum absolute atomic E-state index is 9.41. The summed E-state index contributed by atoms with van der Waals surface area (Å²) in [4.78, 5) is 3.18. The Balaban J connectivity index is 2.10. The Morgan fingerprint density at radius 1 is 1.10 bits per heavy atom. The van der Waals surface area contributed by atoms with Crippen molar-refractivity contribution in [3.8, 4) is 6.07 Å². The highest BCUT2D eigenvalue weighted by Gasteiger charge is 2.07. The highest BCUT2D eigenvalue weighted by Crippen LogP contribution is 2.26. The number of benzene rings is 2. The largest absolute Gasteiger partial charge is 0.361 e. The summed E-state index contributed by atoms with van der Waals surface area (Å²) in [5.74, 6) is 0. The van der Waals surface area contributed by atoms with Crippen molar-refractivity contribution in [2.45, 2.75) is 0 Å². The number of hydrogen-bond acceptors (Lipinski definition) is 1. The lowest BCUT2D eigenvalue weighted by Crippen LogP contribution is -1.80. The number of H-pyrrole nitrogens is 1. The molecule has 0 spiro atoms. The molecule has 1 N–H and O–H groups in total. The van der Waals surface area contributed by atoms with Gasteiger partial charge in [0.15, 0.2) is 0 Å². The van der Waals surface area contributed by atoms with Crippen LogP contribution in [0, 0.1) is 11.3 Å². The highest BCUT2D eigenvalue weighted by molar-refractivity contribution is 6.30. The van der Waals surface area contributed by atoms with Crippen LogP contribution in [0.15, 0.2) is 54.7 Å². The molecule has 0 fully saturated rings. The van der Waals surface area contributed by atoms with Crippen molar-refractivity contribution in [3.05, 3.63) is 70.9 Å². The molecule has 2 nitrogen and oxygen atoms in total. The Morgan fingerprint density at radius 3 is 2.60 bits per heavy atom. The Kier molecular flexibility index (Phi) is 3.28. The number of aromatic amines is 1. The lowest BCUT2D eigenvalue weighted by atomic mass is 10.0. The van der Waals surface area contributed by atoms with E-state index in [1.165, 1.54) is 0 Å². The average molecular weight is 279 g/mol. The first-order valence-corrected chi connectivity index (χ1v) is 6.59. The summed E-state index contributed by atoms with van der Waals surface area (Å²) in [7, 11) is 0. The molecule has 0 unspecified atom stereocenters. The summed E-state index contributed by atoms with van der Waals surface area (Å²) in [6.07, 6.45) is 3.74. The SMILES string of the molecule is N#CC(=Cc1ccc(Cl)cc1)c1c[nH]c2ccccc12. The van der Waals surface area contributed by atoms with Crippen LogP contribution in [0.4, 0.5) is 0 Å². The van der Waals surface area contributed by atoms with Crippen LogP contribution in [0.3, 0.4) is 0 Å². The molecule has 96 valence electrons. The van der Waals surface area contributed by atoms with Gasteiger partial charge in [0, 0.05) is 27.7 Å². The first-order valence-electron chi connectivity index (χ1n) is 6.22. The third-order valence-corrected chi connectivity index (χ3v) is 3.43. The second-order valence-electron chi connectivity index (χ2n) is 4.47. The minimum absolute atomic E-state index is 0.629. The van der Waals surface area contributed by atoms with Crippen LogP contribution in [0.1, 0.15) is 11.1 Å². The molecule has 0 aliphatic carbocycles. The van der Waals surface area contributed by atoms with Gasteiger partial charge in [-0.3, -0.25) is 0 Å². The van der Waals surface area contributed by atoms with E-state index in [9.17, 15) is 5.26 Å². The number of allylic oxidation sites excluding steroid dienone is 1. The Morgan fingerprint density at radius 2 is 1.85 bits per heavy atom. The van der Waals surface area contributed by atoms with Crippen LogP contribution < -0.4 is 0 Å². The van der Waals surface area contributed by atoms with E-state index in [1.807, 2.05) is 60.8 Å². The lowest BCUT2D eigenvalue weighted by Gasteiger charge is -1.98. The fourth-order valence-electron chi connectivity index (χ4n) is 2.19. The van der Waals surface area contributed by atoms with Gasteiger partial charge in [-0.1, -0.05) is 41.9 Å². The minimum atomic E-state index is 0.629. The molecule has 0 bridgehead atoms. The number of rotatable bonds is 2. The van der Waals surface area contributed by atoms with Crippen LogP contribution in [-0.2, 0) is 0 Å². The molecule has 0 aliphatic rings. The first-order chi connectivity index (χ1) is 9.78. The molecule has 3 aromatic rings. The van der Waals surface area contributed by atoms with Crippen molar-refractivity contribution in [2.75, 3.05) is 0 Å². The molecule has 2 aromatic carbocycles. The standard InChI is InChI=1S/C17H11ClN2/c18-14-7-5-12(6-8-14)9-13(10-19)16-11-20-17-4-2-1-3-15(16)17/h1-9,11,20H. The third kappa shape index (κ3) is 2.32. The topological polar surface area (TPSA) is 39.6 Å². The van der Waals surface area contributed by atoms with Crippen molar-refractivity contribution in [2.24, 2.45) is 0 Å². The quantitative estimate of drug-likeness (QED) is 0.666. The van der Waals surface area contributed by atoms with Gasteiger partial charge in [0.1, 0.15) is 0 Å². The van der Waals surface area contributed by atoms with Crippen molar-refractivity contribution < 1.29 is 0 Å². The normalized spacial score (nSPS) is 11.5. The van der Waals surface area contributed by atoms with Gasteiger partial charge in [0.05, 0.1) is 11.6 Å². The number of fused-ring (bicyclic) bond motifs is 1. The van der Waals surface area contributed by atoms with Gasteiger partial charge in [-0.15, -0.1) is 0 Å². The van der Waals surface area contributed by atoms with Crippen molar-refractivity contribution in [1.29, 1.82) is 5.26 Å². The molecule has 3 heteroatoms. The summed E-state index contributed by atoms with van der Waals surface area (Å²) in [5.41, 5.74) is 3.53. The molecule has 0 saturated heterocycles. The Hall–Kier alpha value is -2.50. The number of halogens is 1. The van der Waals surface area contributed by atoms with E-state index in [2.05, 4.69) is 11.1 Å². The molecule has 1 aromatic heterocycles. The van der Waals surface area contributed by atoms with E-state index in [1.54, 1.807) is 0 Å². The average Bonchev–Trinajstić information content (AvgIpc) is 2.91. The number of aromatic nitrogens is 1. The summed E-state index contributed by atoms with van der Waals surface area (Å²) >= 11 is 5.87. The summed E-state index contributed by atoms with van der Waals surface area (Å²) in [5, 5.41) is 11.2. The zero-order valence-corrected chi connectivity index (χ0v) is 11.4. The van der Waals surface area contributed by atoms with Crippen LogP contribution in [0.2, 0.25) is 5.02 Å². The van der Waals surface area contributed by atoms with Crippen LogP contribution in [-0.4, -0.2) is 4.98 Å². The van der Waals surface area contributed by atoms with Crippen molar-refractivity contribution in [3.63, 3.8) is 0 Å². The number of nitrogens with one attached hydrogen (secondary N) is 1. The summed E-state index contributed by atoms with van der Waals surface area (Å²) in [6, 6.07) is 17.6. The van der Waals surface area contributed by atoms with Crippen molar-refractivity contribution in [1.82, 2.24) is 4.98 Å². The zero-order valence-electron chi connectivity index (χ0n) is 10.6. The van der Waals surface area contributed by atoms with E-state index in [4.69, 9.17) is 11.6 Å². The predicted molar refractivity (Wildman–Crippen MR) is 83.2 cm³/mol. The monoisotopic (exact) mass is 278 g/mol. The molecule has 0 aliphatic heterocycles. The molecule has 0 amide bonds. The van der Waals surface area contributed by atoms with Gasteiger partial charge in [-0.05, 0) is 29.8 Å². The van der Waals surface area contributed by atoms with E-state index < -0.39 is 0 Å². The maximum atomic E-state index is 9.41. The van der Waals surface area contributed by atoms with Crippen LogP contribution in [0.5, 0.6) is 0 Å². The van der Waals surface area contributed by atoms with Gasteiger partial charge in [0.2, 0.25) is 0 Å². The minimum Gasteiger partial charge on any atom is -0.361 e. The molecule has 0 radical (unpaired) electrons. The smallest absolute Gasteiger partial charge is 0.0998 e. The molecule has 20 heavy (non-hydrogen) atoms. The van der Waals surface area contributed by atoms with E-state index in [0.717, 1.165) is 22.0 Å². The van der Waals surface area contributed by atoms with Gasteiger partial charge < -0.3 is 4.98 Å². The van der Waals surface area contributed by atoms with Crippen LogP contribution >= 0.6 is 11.6 Å². The van der Waals surface area contributed by atoms with Gasteiger partial charge >= 0.3 is 0 Å². The van der Waals surface area contributed by atoms with Crippen molar-refractivity contribution >= 4 is 34.2 Å². The molecular formula is C17H11ClN2. The molecular weight excluding hydrogens is 268 g/mol. The lowest BCUT2D eigenvalue weighted by molar-refractivity contribution is 1.46. The van der Waals surface area contributed by atoms with Crippen LogP contribution in [0.25, 0.3) is 22.6 Å². The van der Waals surface area contributed by atoms with Gasteiger partial charge in [0.25, 0.3) is 0 Å². The maximum Gasteiger partial charge on any atom is 0.0998 e. The molecule has 3 rings (SSSR count). The van der Waals surface area contributed by atoms with E-state index >= 15 is 0 Å². The highest BCUT2D eigenvalue weighted by atomic mass is 35.5. The fourth-order valence-corrected chi connectivity index (χ4v) is 2.32. The second kappa shape index (κ2) is 5.24. The number of nitriles is 1. The van der Waals surface area contributed by atoms with E-state index in [-0.39, 0.29) is 0 Å². The molecule has 1 heterocycles. The summed E-state index contributed by atoms with van der Waals surface area (Å²) < 4.78 is 0. The number of hydrogen-bond donors (Lipinski definition) is 1. The van der Waals surface area contributed by atoms with Gasteiger partial charge in [-0.25, -0.2) is 0 Å². The third-order valence-electron chi connectivity index (χ3n) is 3.18. The van der Waals surface area contributed by atoms with E-state index in [0.29, 0.717) is 10.6 Å². The second-order valence-corrected chi connectivity index (χ2v) is 4.91. The zero-order chi connectivity index (χ0) is 13.9. The number of para-hydroxylation sites is 1. The first kappa shape index (κ1) is 12.5. The Bertz CT molecular complexity index is 820. The summed E-state index contributed by atoms with van der Waals surface area (Å²) in [6.45, 7) is 0. The number of nitrogens with zero attached hydrogens (tertiary/aromatic N) is 1. The van der Waals surface area contributed by atoms with Gasteiger partial charge in [-0.2, -0.15) is 5.26 Å². The molecule has 0 atom stereocenters. The Labute approximate surface area is 121 Å². The predicted octanol–water partition coefficient (Wildman–Crippen LogP) is 4.89.